The van der Waals surface area contributed by atoms with Gasteiger partial charge in [-0.05, 0) is 26.0 Å². The number of carboxylic acids is 1. The van der Waals surface area contributed by atoms with Crippen molar-refractivity contribution in [2.24, 2.45) is 0 Å². The Balaban J connectivity index is 2.97. The molecule has 2 amide bonds. The van der Waals surface area contributed by atoms with Crippen LogP contribution in [0.1, 0.15) is 12.5 Å². The smallest absolute Gasteiger partial charge is 0.325 e. The van der Waals surface area contributed by atoms with Gasteiger partial charge in [0.2, 0.25) is 0 Å². The van der Waals surface area contributed by atoms with Crippen molar-refractivity contribution in [3.63, 3.8) is 0 Å². The lowest BCUT2D eigenvalue weighted by molar-refractivity contribution is -0.137. The lowest BCUT2D eigenvalue weighted by Gasteiger charge is -2.28. The monoisotopic (exact) mass is 274 g/mol. The van der Waals surface area contributed by atoms with Crippen LogP contribution in [0.15, 0.2) is 24.3 Å². The van der Waals surface area contributed by atoms with Gasteiger partial charge in [0.25, 0.3) is 0 Å². The fourth-order valence-electron chi connectivity index (χ4n) is 1.79. The number of urea groups is 1. The predicted octanol–water partition coefficient (Wildman–Crippen LogP) is 1.96. The molecule has 1 rings (SSSR count). The van der Waals surface area contributed by atoms with Crippen LogP contribution in [0.3, 0.4) is 0 Å². The zero-order chi connectivity index (χ0) is 15.1. The van der Waals surface area contributed by atoms with E-state index in [4.69, 9.17) is 11.5 Å². The fraction of sp³-hybridized carbons (Fsp3) is 0.333. The van der Waals surface area contributed by atoms with Crippen LogP contribution >= 0.6 is 0 Å². The van der Waals surface area contributed by atoms with Gasteiger partial charge in [-0.3, -0.25) is 9.69 Å². The van der Waals surface area contributed by atoms with E-state index in [-0.39, 0.29) is 6.54 Å². The van der Waals surface area contributed by atoms with Crippen molar-refractivity contribution in [2.45, 2.75) is 13.8 Å². The standard InChI is InChI=1S/C15H18N2O3/c1-4-10-16(11-14(18)19)15(20)17(5-2)13-8-6-12(3)7-9-13/h1,6-9H,5,10-11H2,2-3H3,(H,18,19). The van der Waals surface area contributed by atoms with E-state index >= 15 is 0 Å². The molecule has 0 heterocycles. The molecule has 0 aliphatic rings. The summed E-state index contributed by atoms with van der Waals surface area (Å²) in [6.45, 7) is 3.77. The molecule has 0 aliphatic heterocycles. The average Bonchev–Trinajstić information content (AvgIpc) is 2.40. The number of carbonyl (C=O) groups is 2. The predicted molar refractivity (Wildman–Crippen MR) is 77.6 cm³/mol. The molecule has 0 fully saturated rings. The van der Waals surface area contributed by atoms with E-state index in [1.807, 2.05) is 38.1 Å². The van der Waals surface area contributed by atoms with Gasteiger partial charge in [-0.1, -0.05) is 23.6 Å². The van der Waals surface area contributed by atoms with Crippen LogP contribution in [-0.2, 0) is 4.79 Å². The second-order valence-electron chi connectivity index (χ2n) is 4.32. The number of carbonyl (C=O) groups excluding carboxylic acids is 1. The van der Waals surface area contributed by atoms with Crippen LogP contribution in [-0.4, -0.2) is 41.6 Å². The van der Waals surface area contributed by atoms with Gasteiger partial charge in [0.15, 0.2) is 0 Å². The normalized spacial score (nSPS) is 9.65. The SMILES string of the molecule is C#CCN(CC(=O)O)C(=O)N(CC)c1ccc(C)cc1. The minimum Gasteiger partial charge on any atom is -0.480 e. The summed E-state index contributed by atoms with van der Waals surface area (Å²) in [5.74, 6) is 1.22. The Bertz CT molecular complexity index is 517. The Morgan fingerprint density at radius 2 is 1.90 bits per heavy atom. The molecular weight excluding hydrogens is 256 g/mol. The van der Waals surface area contributed by atoms with Gasteiger partial charge in [0.05, 0.1) is 6.54 Å². The van der Waals surface area contributed by atoms with Crippen molar-refractivity contribution >= 4 is 17.7 Å². The molecule has 1 aromatic rings. The van der Waals surface area contributed by atoms with Crippen LogP contribution < -0.4 is 4.90 Å². The first-order chi connectivity index (χ1) is 9.49. The van der Waals surface area contributed by atoms with E-state index in [9.17, 15) is 9.59 Å². The van der Waals surface area contributed by atoms with Crippen molar-refractivity contribution in [1.82, 2.24) is 4.90 Å². The van der Waals surface area contributed by atoms with Crippen molar-refractivity contribution in [2.75, 3.05) is 24.5 Å². The zero-order valence-electron chi connectivity index (χ0n) is 11.7. The average molecular weight is 274 g/mol. The number of anilines is 1. The maximum atomic E-state index is 12.4. The Kier molecular flexibility index (Phi) is 5.60. The zero-order valence-corrected chi connectivity index (χ0v) is 11.7. The van der Waals surface area contributed by atoms with Gasteiger partial charge >= 0.3 is 12.0 Å². The third-order valence-corrected chi connectivity index (χ3v) is 2.77. The van der Waals surface area contributed by atoms with E-state index in [0.29, 0.717) is 6.54 Å². The Morgan fingerprint density at radius 1 is 1.30 bits per heavy atom. The highest BCUT2D eigenvalue weighted by molar-refractivity contribution is 5.93. The van der Waals surface area contributed by atoms with Crippen molar-refractivity contribution in [3.8, 4) is 12.3 Å². The van der Waals surface area contributed by atoms with Gasteiger partial charge < -0.3 is 10.0 Å². The number of rotatable bonds is 5. The molecule has 0 radical (unpaired) electrons. The van der Waals surface area contributed by atoms with Crippen molar-refractivity contribution < 1.29 is 14.7 Å². The number of aryl methyl sites for hydroxylation is 1. The summed E-state index contributed by atoms with van der Waals surface area (Å²) < 4.78 is 0. The summed E-state index contributed by atoms with van der Waals surface area (Å²) >= 11 is 0. The first-order valence-corrected chi connectivity index (χ1v) is 6.28. The van der Waals surface area contributed by atoms with E-state index < -0.39 is 18.5 Å². The Morgan fingerprint density at radius 3 is 2.35 bits per heavy atom. The molecule has 0 aromatic heterocycles. The van der Waals surface area contributed by atoms with E-state index in [1.54, 1.807) is 0 Å². The minimum atomic E-state index is -1.09. The molecule has 5 heteroatoms. The summed E-state index contributed by atoms with van der Waals surface area (Å²) in [5, 5.41) is 8.84. The summed E-state index contributed by atoms with van der Waals surface area (Å²) in [6, 6.07) is 7.04. The molecule has 5 nitrogen and oxygen atoms in total. The van der Waals surface area contributed by atoms with Crippen LogP contribution in [0.2, 0.25) is 0 Å². The van der Waals surface area contributed by atoms with Gasteiger partial charge in [-0.15, -0.1) is 6.42 Å². The number of hydrogen-bond donors (Lipinski definition) is 1. The number of benzene rings is 1. The minimum absolute atomic E-state index is 0.0342. The summed E-state index contributed by atoms with van der Waals surface area (Å²) in [4.78, 5) is 25.8. The number of aliphatic carboxylic acids is 1. The summed E-state index contributed by atoms with van der Waals surface area (Å²) in [7, 11) is 0. The topological polar surface area (TPSA) is 60.9 Å². The molecule has 0 unspecified atom stereocenters. The number of amides is 2. The molecule has 1 aromatic carbocycles. The van der Waals surface area contributed by atoms with Crippen LogP contribution in [0.4, 0.5) is 10.5 Å². The van der Waals surface area contributed by atoms with Crippen LogP contribution in [0.5, 0.6) is 0 Å². The largest absolute Gasteiger partial charge is 0.480 e. The number of terminal acetylenes is 1. The first kappa shape index (κ1) is 15.6. The van der Waals surface area contributed by atoms with Crippen molar-refractivity contribution in [3.05, 3.63) is 29.8 Å². The molecule has 0 spiro atoms. The maximum absolute atomic E-state index is 12.4. The highest BCUT2D eigenvalue weighted by Gasteiger charge is 2.22. The molecule has 106 valence electrons. The molecule has 0 saturated heterocycles. The lowest BCUT2D eigenvalue weighted by Crippen LogP contribution is -2.45. The molecule has 0 bridgehead atoms. The second kappa shape index (κ2) is 7.19. The van der Waals surface area contributed by atoms with Crippen LogP contribution in [0, 0.1) is 19.3 Å². The molecule has 0 aliphatic carbocycles. The highest BCUT2D eigenvalue weighted by Crippen LogP contribution is 2.16. The molecule has 0 atom stereocenters. The molecule has 0 saturated carbocycles. The maximum Gasteiger partial charge on any atom is 0.325 e. The summed E-state index contributed by atoms with van der Waals surface area (Å²) in [5.41, 5.74) is 1.80. The van der Waals surface area contributed by atoms with E-state index in [1.165, 1.54) is 4.90 Å². The first-order valence-electron chi connectivity index (χ1n) is 6.28. The van der Waals surface area contributed by atoms with E-state index in [0.717, 1.165) is 16.2 Å². The Hall–Kier alpha value is -2.48. The van der Waals surface area contributed by atoms with Gasteiger partial charge in [-0.2, -0.15) is 0 Å². The van der Waals surface area contributed by atoms with Crippen LogP contribution in [0.25, 0.3) is 0 Å². The molecular formula is C15H18N2O3. The quantitative estimate of drug-likeness (QED) is 0.835. The number of nitrogens with zero attached hydrogens (tertiary/aromatic N) is 2. The highest BCUT2D eigenvalue weighted by atomic mass is 16.4. The molecule has 20 heavy (non-hydrogen) atoms. The second-order valence-corrected chi connectivity index (χ2v) is 4.32. The third kappa shape index (κ3) is 4.02. The van der Waals surface area contributed by atoms with Gasteiger partial charge in [-0.25, -0.2) is 4.79 Å². The van der Waals surface area contributed by atoms with Gasteiger partial charge in [0, 0.05) is 12.2 Å². The Labute approximate surface area is 118 Å². The summed E-state index contributed by atoms with van der Waals surface area (Å²) in [6.07, 6.45) is 5.19. The third-order valence-electron chi connectivity index (χ3n) is 2.77. The number of carboxylic acid groups (broad SMARTS) is 1. The fourth-order valence-corrected chi connectivity index (χ4v) is 1.79. The number of hydrogen-bond acceptors (Lipinski definition) is 2. The van der Waals surface area contributed by atoms with Crippen molar-refractivity contribution in [1.29, 1.82) is 0 Å². The molecule has 1 N–H and O–H groups in total. The van der Waals surface area contributed by atoms with E-state index in [2.05, 4.69) is 5.92 Å². The van der Waals surface area contributed by atoms with Gasteiger partial charge in [0.1, 0.15) is 6.54 Å². The lowest BCUT2D eigenvalue weighted by atomic mass is 10.2.